The van der Waals surface area contributed by atoms with Crippen molar-refractivity contribution < 1.29 is 13.2 Å². The zero-order valence-corrected chi connectivity index (χ0v) is 19.2. The zero-order valence-electron chi connectivity index (χ0n) is 17.6. The molecule has 30 heavy (non-hydrogen) atoms. The molecule has 1 aliphatic heterocycles. The lowest BCUT2D eigenvalue weighted by molar-refractivity contribution is -0.122. The van der Waals surface area contributed by atoms with Gasteiger partial charge in [-0.1, -0.05) is 25.1 Å². The summed E-state index contributed by atoms with van der Waals surface area (Å²) in [6.45, 7) is 12.6. The minimum atomic E-state index is -3.38. The number of aromatic nitrogens is 2. The summed E-state index contributed by atoms with van der Waals surface area (Å²) in [4.78, 5) is 31.2. The molecule has 1 aromatic heterocycles. The summed E-state index contributed by atoms with van der Waals surface area (Å²) in [5, 5.41) is 3.07. The molecule has 0 saturated carbocycles. The molecule has 2 rings (SSSR count). The number of rotatable bonds is 6. The molecule has 1 N–H and O–H groups in total. The fourth-order valence-electron chi connectivity index (χ4n) is 2.62. The van der Waals surface area contributed by atoms with Gasteiger partial charge in [-0.3, -0.25) is 14.7 Å². The summed E-state index contributed by atoms with van der Waals surface area (Å²) >= 11 is 5.87. The Labute approximate surface area is 181 Å². The number of nitrogens with zero attached hydrogens (tertiary/aromatic N) is 5. The van der Waals surface area contributed by atoms with Crippen LogP contribution in [-0.2, 0) is 21.2 Å². The molecule has 1 aliphatic rings. The largest absolute Gasteiger partial charge is 0.333 e. The van der Waals surface area contributed by atoms with Gasteiger partial charge in [0.25, 0.3) is 5.91 Å². The third-order valence-corrected chi connectivity index (χ3v) is 5.93. The number of carbonyl (C=O) groups is 1. The van der Waals surface area contributed by atoms with E-state index in [0.29, 0.717) is 11.5 Å². The molecule has 2 heterocycles. The molecule has 1 aromatic rings. The average Bonchev–Trinajstić information content (AvgIpc) is 2.66. The predicted molar refractivity (Wildman–Crippen MR) is 117 cm³/mol. The first-order valence-electron chi connectivity index (χ1n) is 9.27. The van der Waals surface area contributed by atoms with Gasteiger partial charge >= 0.3 is 0 Å². The standard InChI is InChI=1S/C19H25ClN6O3S/c1-7-30(28,29)14-8-21-15(22-9-14)10-23-17-19(27)26(12(4)5)18(24-13(6)20)16(25-17)11(2)3/h8-9,12H,6-7,10H2,1-5H3,(H,23,25). The van der Waals surface area contributed by atoms with Crippen molar-refractivity contribution in [1.29, 1.82) is 0 Å². The highest BCUT2D eigenvalue weighted by molar-refractivity contribution is 7.91. The van der Waals surface area contributed by atoms with E-state index in [1.54, 1.807) is 6.92 Å². The maximum Gasteiger partial charge on any atom is 0.295 e. The van der Waals surface area contributed by atoms with Crippen LogP contribution in [0.5, 0.6) is 0 Å². The van der Waals surface area contributed by atoms with Crippen molar-refractivity contribution in [2.75, 3.05) is 5.75 Å². The fraction of sp³-hybridized carbons (Fsp3) is 0.421. The van der Waals surface area contributed by atoms with Gasteiger partial charge in [0, 0.05) is 18.4 Å². The van der Waals surface area contributed by atoms with E-state index in [1.165, 1.54) is 17.3 Å². The van der Waals surface area contributed by atoms with Crippen molar-refractivity contribution in [3.8, 4) is 0 Å². The molecule has 1 fully saturated rings. The molecule has 0 aromatic carbocycles. The van der Waals surface area contributed by atoms with Crippen LogP contribution in [0, 0.1) is 0 Å². The smallest absolute Gasteiger partial charge is 0.295 e. The molecule has 0 aliphatic carbocycles. The molecule has 0 atom stereocenters. The highest BCUT2D eigenvalue weighted by Crippen LogP contribution is 2.19. The molecule has 1 amide bonds. The van der Waals surface area contributed by atoms with Crippen LogP contribution >= 0.6 is 11.6 Å². The first-order valence-corrected chi connectivity index (χ1v) is 11.3. The van der Waals surface area contributed by atoms with E-state index in [1.807, 2.05) is 27.7 Å². The Morgan fingerprint density at radius 1 is 1.30 bits per heavy atom. The van der Waals surface area contributed by atoms with Gasteiger partial charge in [0.2, 0.25) is 0 Å². The number of sulfone groups is 1. The number of halogens is 1. The normalized spacial score (nSPS) is 17.6. The number of hydrogen-bond donors (Lipinski definition) is 1. The SMILES string of the molecule is C=C(Cl)N=C1C(=C(C)C)NC(=NCc2ncc(S(=O)(=O)CC)cn2)C(=O)N1C(C)C. The van der Waals surface area contributed by atoms with Gasteiger partial charge < -0.3 is 5.32 Å². The number of nitrogens with one attached hydrogen (secondary N) is 1. The van der Waals surface area contributed by atoms with Gasteiger partial charge in [-0.15, -0.1) is 0 Å². The maximum absolute atomic E-state index is 13.0. The number of carbonyl (C=O) groups excluding carboxylic acids is 1. The summed E-state index contributed by atoms with van der Waals surface area (Å²) in [7, 11) is -3.38. The minimum Gasteiger partial charge on any atom is -0.333 e. The number of amides is 1. The van der Waals surface area contributed by atoms with Gasteiger partial charge in [-0.25, -0.2) is 23.4 Å². The van der Waals surface area contributed by atoms with Gasteiger partial charge in [0.15, 0.2) is 21.5 Å². The number of aliphatic imine (C=N–C) groups is 2. The average molecular weight is 453 g/mol. The topological polar surface area (TPSA) is 117 Å². The first-order chi connectivity index (χ1) is 14.0. The predicted octanol–water partition coefficient (Wildman–Crippen LogP) is 2.41. The minimum absolute atomic E-state index is 0.00278. The van der Waals surface area contributed by atoms with Crippen molar-refractivity contribution in [3.63, 3.8) is 0 Å². The molecule has 1 saturated heterocycles. The van der Waals surface area contributed by atoms with Gasteiger partial charge in [-0.2, -0.15) is 0 Å². The Morgan fingerprint density at radius 3 is 2.37 bits per heavy atom. The molecular weight excluding hydrogens is 428 g/mol. The van der Waals surface area contributed by atoms with E-state index < -0.39 is 9.84 Å². The maximum atomic E-state index is 13.0. The Balaban J connectivity index is 2.38. The second-order valence-electron chi connectivity index (χ2n) is 6.98. The second kappa shape index (κ2) is 9.48. The highest BCUT2D eigenvalue weighted by atomic mass is 35.5. The van der Waals surface area contributed by atoms with Crippen LogP contribution in [-0.4, -0.2) is 52.7 Å². The van der Waals surface area contributed by atoms with E-state index in [4.69, 9.17) is 11.6 Å². The summed E-state index contributed by atoms with van der Waals surface area (Å²) in [6.07, 6.45) is 2.49. The lowest BCUT2D eigenvalue weighted by Crippen LogP contribution is -2.57. The van der Waals surface area contributed by atoms with Crippen molar-refractivity contribution in [3.05, 3.63) is 41.2 Å². The van der Waals surface area contributed by atoms with E-state index in [2.05, 4.69) is 31.8 Å². The lowest BCUT2D eigenvalue weighted by atomic mass is 10.1. The van der Waals surface area contributed by atoms with Gasteiger partial charge in [-0.05, 0) is 33.3 Å². The Hall–Kier alpha value is -2.59. The van der Waals surface area contributed by atoms with Crippen LogP contribution < -0.4 is 5.32 Å². The first kappa shape index (κ1) is 23.7. The van der Waals surface area contributed by atoms with E-state index in [0.717, 1.165) is 5.57 Å². The van der Waals surface area contributed by atoms with Crippen molar-refractivity contribution in [1.82, 2.24) is 20.2 Å². The molecule has 0 spiro atoms. The summed E-state index contributed by atoms with van der Waals surface area (Å²) < 4.78 is 23.7. The lowest BCUT2D eigenvalue weighted by Gasteiger charge is -2.35. The summed E-state index contributed by atoms with van der Waals surface area (Å²) in [5.41, 5.74) is 1.48. The Morgan fingerprint density at radius 2 is 1.90 bits per heavy atom. The Bertz CT molecular complexity index is 1040. The van der Waals surface area contributed by atoms with Crippen LogP contribution in [0.25, 0.3) is 0 Å². The highest BCUT2D eigenvalue weighted by Gasteiger charge is 2.35. The number of hydrogen-bond acceptors (Lipinski definition) is 7. The molecular formula is C19H25ClN6O3S. The quantitative estimate of drug-likeness (QED) is 0.662. The monoisotopic (exact) mass is 452 g/mol. The molecule has 0 unspecified atom stereocenters. The van der Waals surface area contributed by atoms with Gasteiger partial charge in [0.05, 0.1) is 11.4 Å². The number of piperazine rings is 1. The molecule has 162 valence electrons. The molecule has 0 bridgehead atoms. The van der Waals surface area contributed by atoms with E-state index in [-0.39, 0.29) is 46.0 Å². The second-order valence-corrected chi connectivity index (χ2v) is 9.70. The molecule has 0 radical (unpaired) electrons. The fourth-order valence-corrected chi connectivity index (χ4v) is 3.46. The van der Waals surface area contributed by atoms with Crippen molar-refractivity contribution in [2.24, 2.45) is 9.98 Å². The number of allylic oxidation sites excluding steroid dienone is 1. The van der Waals surface area contributed by atoms with Crippen molar-refractivity contribution in [2.45, 2.75) is 52.1 Å². The van der Waals surface area contributed by atoms with E-state index >= 15 is 0 Å². The third-order valence-electron chi connectivity index (χ3n) is 4.16. The van der Waals surface area contributed by atoms with Crippen LogP contribution in [0.2, 0.25) is 0 Å². The summed E-state index contributed by atoms with van der Waals surface area (Å²) in [5.74, 6) is 0.352. The third kappa shape index (κ3) is 5.31. The van der Waals surface area contributed by atoms with Crippen LogP contribution in [0.4, 0.5) is 0 Å². The van der Waals surface area contributed by atoms with Crippen LogP contribution in [0.1, 0.15) is 40.4 Å². The molecule has 11 heteroatoms. The van der Waals surface area contributed by atoms with Crippen molar-refractivity contribution >= 4 is 39.0 Å². The van der Waals surface area contributed by atoms with Gasteiger partial charge in [0.1, 0.15) is 22.4 Å². The number of amidine groups is 2. The van der Waals surface area contributed by atoms with E-state index in [9.17, 15) is 13.2 Å². The summed E-state index contributed by atoms with van der Waals surface area (Å²) in [6, 6.07) is -0.205. The zero-order chi connectivity index (χ0) is 22.6. The van der Waals surface area contributed by atoms with Crippen LogP contribution in [0.15, 0.2) is 50.3 Å². The van der Waals surface area contributed by atoms with Crippen LogP contribution in [0.3, 0.4) is 0 Å². The Kier molecular flexibility index (Phi) is 7.49. The molecule has 9 nitrogen and oxygen atoms in total.